The Morgan fingerprint density at radius 3 is 1.92 bits per heavy atom. The SMILES string of the molecule is Cc1cc2c(-c3ccccc3)c(-c3ccccc3)ccc2[cH-]1.[Cl][Zr][Cl]. The fraction of sp³-hybridized carbons (Fsp3) is 0.0455. The molecule has 4 aromatic rings. The number of aryl methyl sites for hydroxylation is 1. The van der Waals surface area contributed by atoms with Crippen LogP contribution in [0.5, 0.6) is 0 Å². The zero-order chi connectivity index (χ0) is 17.6. The molecule has 0 amide bonds. The van der Waals surface area contributed by atoms with Crippen LogP contribution in [-0.2, 0) is 20.8 Å². The molecule has 0 saturated carbocycles. The molecule has 0 radical (unpaired) electrons. The molecule has 0 bridgehead atoms. The van der Waals surface area contributed by atoms with Crippen molar-refractivity contribution in [2.75, 3.05) is 0 Å². The van der Waals surface area contributed by atoms with E-state index in [4.69, 9.17) is 17.0 Å². The van der Waals surface area contributed by atoms with Gasteiger partial charge in [-0.2, -0.15) is 6.07 Å². The monoisotopic (exact) mass is 441 g/mol. The first kappa shape index (κ1) is 18.5. The van der Waals surface area contributed by atoms with Gasteiger partial charge in [0.2, 0.25) is 0 Å². The number of rotatable bonds is 2. The third-order valence-corrected chi connectivity index (χ3v) is 4.18. The summed E-state index contributed by atoms with van der Waals surface area (Å²) in [6.45, 7) is 2.16. The van der Waals surface area contributed by atoms with Crippen LogP contribution in [0.15, 0.2) is 84.9 Å². The molecule has 124 valence electrons. The van der Waals surface area contributed by atoms with Crippen molar-refractivity contribution < 1.29 is 20.8 Å². The third kappa shape index (κ3) is 4.29. The van der Waals surface area contributed by atoms with Gasteiger partial charge in [0.25, 0.3) is 0 Å². The molecular formula is C22H17Cl2Zr-. The molecule has 0 N–H and O–H groups in total. The van der Waals surface area contributed by atoms with E-state index in [1.807, 2.05) is 0 Å². The van der Waals surface area contributed by atoms with Crippen molar-refractivity contribution in [2.24, 2.45) is 0 Å². The van der Waals surface area contributed by atoms with E-state index in [2.05, 4.69) is 91.9 Å². The normalized spacial score (nSPS) is 10.2. The maximum atomic E-state index is 4.93. The number of fused-ring (bicyclic) bond motifs is 1. The Morgan fingerprint density at radius 2 is 1.32 bits per heavy atom. The first-order valence-electron chi connectivity index (χ1n) is 8.01. The molecular weight excluding hydrogens is 426 g/mol. The molecule has 0 saturated heterocycles. The molecule has 0 aromatic heterocycles. The van der Waals surface area contributed by atoms with E-state index in [1.54, 1.807) is 0 Å². The molecule has 0 nitrogen and oxygen atoms in total. The van der Waals surface area contributed by atoms with E-state index in [9.17, 15) is 0 Å². The van der Waals surface area contributed by atoms with E-state index in [-0.39, 0.29) is 0 Å². The summed E-state index contributed by atoms with van der Waals surface area (Å²) in [7, 11) is 9.87. The number of hydrogen-bond donors (Lipinski definition) is 0. The van der Waals surface area contributed by atoms with Crippen LogP contribution in [0.25, 0.3) is 33.0 Å². The van der Waals surface area contributed by atoms with Gasteiger partial charge >= 0.3 is 37.9 Å². The van der Waals surface area contributed by atoms with E-state index in [0.29, 0.717) is 0 Å². The van der Waals surface area contributed by atoms with Gasteiger partial charge in [-0.15, -0.1) is 28.5 Å². The van der Waals surface area contributed by atoms with Crippen LogP contribution in [0, 0.1) is 6.92 Å². The maximum absolute atomic E-state index is 4.93. The van der Waals surface area contributed by atoms with Crippen molar-refractivity contribution in [1.82, 2.24) is 0 Å². The van der Waals surface area contributed by atoms with Gasteiger partial charge in [0.1, 0.15) is 0 Å². The first-order chi connectivity index (χ1) is 12.2. The third-order valence-electron chi connectivity index (χ3n) is 4.18. The molecule has 0 aliphatic carbocycles. The summed E-state index contributed by atoms with van der Waals surface area (Å²) in [4.78, 5) is 0. The average molecular weight is 444 g/mol. The molecule has 0 aliphatic heterocycles. The van der Waals surface area contributed by atoms with E-state index < -0.39 is 20.8 Å². The quantitative estimate of drug-likeness (QED) is 0.280. The number of halogens is 2. The fourth-order valence-corrected chi connectivity index (χ4v) is 3.21. The van der Waals surface area contributed by atoms with Crippen LogP contribution in [-0.4, -0.2) is 0 Å². The predicted molar refractivity (Wildman–Crippen MR) is 107 cm³/mol. The molecule has 0 heterocycles. The first-order valence-corrected chi connectivity index (χ1v) is 14.3. The van der Waals surface area contributed by atoms with E-state index in [0.717, 1.165) is 0 Å². The minimum absolute atomic E-state index is 0.826. The second-order valence-electron chi connectivity index (χ2n) is 5.83. The van der Waals surface area contributed by atoms with Crippen LogP contribution in [0.2, 0.25) is 0 Å². The van der Waals surface area contributed by atoms with Crippen molar-refractivity contribution in [3.63, 3.8) is 0 Å². The van der Waals surface area contributed by atoms with Crippen LogP contribution in [0.3, 0.4) is 0 Å². The van der Waals surface area contributed by atoms with Gasteiger partial charge in [-0.25, -0.2) is 0 Å². The minimum atomic E-state index is -0.826. The average Bonchev–Trinajstić information content (AvgIpc) is 3.03. The second kappa shape index (κ2) is 8.90. The van der Waals surface area contributed by atoms with E-state index in [1.165, 1.54) is 38.6 Å². The Labute approximate surface area is 167 Å². The predicted octanol–water partition coefficient (Wildman–Crippen LogP) is 7.58. The van der Waals surface area contributed by atoms with Gasteiger partial charge in [0.15, 0.2) is 0 Å². The standard InChI is InChI=1S/C22H17.2ClH.Zr/c1-16-14-19-12-13-20(17-8-4-2-5-9-17)22(21(19)15-16)18-10-6-3-7-11-18;;;/h2-15H,1H3;2*1H;/q-1;;;+2/p-2. The Bertz CT molecular complexity index is 944. The van der Waals surface area contributed by atoms with Crippen molar-refractivity contribution in [2.45, 2.75) is 6.92 Å². The van der Waals surface area contributed by atoms with Gasteiger partial charge in [-0.1, -0.05) is 79.2 Å². The molecule has 0 unspecified atom stereocenters. The van der Waals surface area contributed by atoms with Crippen molar-refractivity contribution in [3.05, 3.63) is 90.5 Å². The Hall–Kier alpha value is -1.27. The summed E-state index contributed by atoms with van der Waals surface area (Å²) < 4.78 is 0. The Kier molecular flexibility index (Phi) is 6.59. The Balaban J connectivity index is 0.000000569. The Morgan fingerprint density at radius 1 is 0.760 bits per heavy atom. The molecule has 0 aliphatic rings. The van der Waals surface area contributed by atoms with Gasteiger partial charge in [-0.05, 0) is 16.7 Å². The van der Waals surface area contributed by atoms with Crippen LogP contribution in [0.4, 0.5) is 0 Å². The number of benzene rings is 3. The summed E-state index contributed by atoms with van der Waals surface area (Å²) in [6, 6.07) is 30.4. The van der Waals surface area contributed by atoms with Gasteiger partial charge in [-0.3, -0.25) is 0 Å². The van der Waals surface area contributed by atoms with Crippen molar-refractivity contribution in [3.8, 4) is 22.3 Å². The molecule has 0 fully saturated rings. The molecule has 4 aromatic carbocycles. The molecule has 0 atom stereocenters. The van der Waals surface area contributed by atoms with Crippen LogP contribution < -0.4 is 0 Å². The van der Waals surface area contributed by atoms with Crippen LogP contribution >= 0.6 is 17.0 Å². The van der Waals surface area contributed by atoms with Crippen molar-refractivity contribution in [1.29, 1.82) is 0 Å². The van der Waals surface area contributed by atoms with Gasteiger partial charge < -0.3 is 0 Å². The molecule has 25 heavy (non-hydrogen) atoms. The zero-order valence-corrected chi connectivity index (χ0v) is 17.8. The molecule has 4 rings (SSSR count). The van der Waals surface area contributed by atoms with Crippen LogP contribution in [0.1, 0.15) is 5.56 Å². The van der Waals surface area contributed by atoms with Gasteiger partial charge in [0, 0.05) is 0 Å². The molecule has 0 spiro atoms. The summed E-state index contributed by atoms with van der Waals surface area (Å²) >= 11 is -0.826. The zero-order valence-electron chi connectivity index (χ0n) is 13.8. The second-order valence-corrected chi connectivity index (χ2v) is 9.56. The number of hydrogen-bond acceptors (Lipinski definition) is 0. The summed E-state index contributed by atoms with van der Waals surface area (Å²) in [5.74, 6) is 0. The molecule has 3 heteroatoms. The summed E-state index contributed by atoms with van der Waals surface area (Å²) in [5.41, 5.74) is 6.49. The topological polar surface area (TPSA) is 0 Å². The summed E-state index contributed by atoms with van der Waals surface area (Å²) in [6.07, 6.45) is 0. The summed E-state index contributed by atoms with van der Waals surface area (Å²) in [5, 5.41) is 2.65. The van der Waals surface area contributed by atoms with E-state index >= 15 is 0 Å². The van der Waals surface area contributed by atoms with Crippen molar-refractivity contribution >= 4 is 27.8 Å². The fourth-order valence-electron chi connectivity index (χ4n) is 3.21. The van der Waals surface area contributed by atoms with Gasteiger partial charge in [0.05, 0.1) is 0 Å².